The van der Waals surface area contributed by atoms with Crippen molar-refractivity contribution in [3.63, 3.8) is 0 Å². The predicted octanol–water partition coefficient (Wildman–Crippen LogP) is 3.16. The monoisotopic (exact) mass is 270 g/mol. The second kappa shape index (κ2) is 7.13. The summed E-state index contributed by atoms with van der Waals surface area (Å²) in [4.78, 5) is 14.2. The van der Waals surface area contributed by atoms with E-state index in [1.807, 2.05) is 20.8 Å². The fourth-order valence-corrected chi connectivity index (χ4v) is 2.69. The van der Waals surface area contributed by atoms with Crippen LogP contribution in [0.25, 0.3) is 0 Å². The van der Waals surface area contributed by atoms with Crippen LogP contribution in [0.5, 0.6) is 0 Å². The molecule has 1 fully saturated rings. The molecule has 0 aromatic rings. The standard InChI is InChI=1S/C15H30N2O2/c1-6-8-13(7-2)17-10-9-12(11-17)16-14(18)19-15(3,4)5/h12-13H,6-11H2,1-5H3,(H,16,18). The molecule has 0 aromatic carbocycles. The summed E-state index contributed by atoms with van der Waals surface area (Å²) in [6.07, 6.45) is 4.39. The van der Waals surface area contributed by atoms with Crippen molar-refractivity contribution in [3.8, 4) is 0 Å². The van der Waals surface area contributed by atoms with Gasteiger partial charge < -0.3 is 10.1 Å². The topological polar surface area (TPSA) is 41.6 Å². The molecule has 1 N–H and O–H groups in total. The Morgan fingerprint density at radius 1 is 1.42 bits per heavy atom. The van der Waals surface area contributed by atoms with Crippen LogP contribution < -0.4 is 5.32 Å². The third-order valence-electron chi connectivity index (χ3n) is 3.55. The van der Waals surface area contributed by atoms with E-state index in [0.717, 1.165) is 19.5 Å². The molecule has 1 aliphatic rings. The predicted molar refractivity (Wildman–Crippen MR) is 78.3 cm³/mol. The molecule has 0 saturated carbocycles. The van der Waals surface area contributed by atoms with Crippen molar-refractivity contribution in [1.82, 2.24) is 10.2 Å². The Bertz CT molecular complexity index is 286. The van der Waals surface area contributed by atoms with E-state index >= 15 is 0 Å². The minimum atomic E-state index is -0.420. The van der Waals surface area contributed by atoms with Crippen molar-refractivity contribution in [3.05, 3.63) is 0 Å². The molecular weight excluding hydrogens is 240 g/mol. The number of ether oxygens (including phenoxy) is 1. The third kappa shape index (κ3) is 5.81. The molecule has 112 valence electrons. The first-order valence-electron chi connectivity index (χ1n) is 7.59. The van der Waals surface area contributed by atoms with E-state index in [0.29, 0.717) is 6.04 Å². The maximum atomic E-state index is 11.7. The lowest BCUT2D eigenvalue weighted by molar-refractivity contribution is 0.0504. The fraction of sp³-hybridized carbons (Fsp3) is 0.933. The highest BCUT2D eigenvalue weighted by molar-refractivity contribution is 5.68. The number of hydrogen-bond donors (Lipinski definition) is 1. The van der Waals surface area contributed by atoms with Gasteiger partial charge in [-0.1, -0.05) is 20.3 Å². The molecule has 19 heavy (non-hydrogen) atoms. The molecule has 0 radical (unpaired) electrons. The average Bonchev–Trinajstić information content (AvgIpc) is 2.71. The number of likely N-dealkylation sites (tertiary alicyclic amines) is 1. The lowest BCUT2D eigenvalue weighted by atomic mass is 10.1. The van der Waals surface area contributed by atoms with Gasteiger partial charge in [-0.2, -0.15) is 0 Å². The molecule has 4 nitrogen and oxygen atoms in total. The Morgan fingerprint density at radius 2 is 2.11 bits per heavy atom. The van der Waals surface area contributed by atoms with Crippen molar-refractivity contribution in [2.75, 3.05) is 13.1 Å². The number of nitrogens with zero attached hydrogens (tertiary/aromatic N) is 1. The Labute approximate surface area is 117 Å². The first-order valence-corrected chi connectivity index (χ1v) is 7.59. The first-order chi connectivity index (χ1) is 8.85. The van der Waals surface area contributed by atoms with E-state index in [1.54, 1.807) is 0 Å². The number of hydrogen-bond acceptors (Lipinski definition) is 3. The molecule has 1 saturated heterocycles. The third-order valence-corrected chi connectivity index (χ3v) is 3.55. The van der Waals surface area contributed by atoms with Gasteiger partial charge in [0.15, 0.2) is 0 Å². The quantitative estimate of drug-likeness (QED) is 0.834. The molecule has 4 heteroatoms. The van der Waals surface area contributed by atoms with E-state index in [-0.39, 0.29) is 12.1 Å². The van der Waals surface area contributed by atoms with Gasteiger partial charge in [0.1, 0.15) is 5.60 Å². The lowest BCUT2D eigenvalue weighted by Gasteiger charge is -2.27. The maximum absolute atomic E-state index is 11.7. The molecule has 1 amide bonds. The number of carbonyl (C=O) groups is 1. The van der Waals surface area contributed by atoms with Crippen LogP contribution in [0.2, 0.25) is 0 Å². The second-order valence-corrected chi connectivity index (χ2v) is 6.48. The number of nitrogens with one attached hydrogen (secondary N) is 1. The van der Waals surface area contributed by atoms with E-state index in [9.17, 15) is 4.79 Å². The Morgan fingerprint density at radius 3 is 2.63 bits per heavy atom. The van der Waals surface area contributed by atoms with Gasteiger partial charge in [-0.25, -0.2) is 4.79 Å². The highest BCUT2D eigenvalue weighted by atomic mass is 16.6. The van der Waals surface area contributed by atoms with Crippen LogP contribution in [0.1, 0.15) is 60.3 Å². The normalized spacial score (nSPS) is 22.3. The molecule has 2 atom stereocenters. The molecule has 0 aliphatic carbocycles. The van der Waals surface area contributed by atoms with Crippen molar-refractivity contribution in [2.24, 2.45) is 0 Å². The molecule has 0 bridgehead atoms. The van der Waals surface area contributed by atoms with Gasteiger partial charge in [0, 0.05) is 25.2 Å². The highest BCUT2D eigenvalue weighted by Gasteiger charge is 2.29. The summed E-state index contributed by atoms with van der Waals surface area (Å²) >= 11 is 0. The van der Waals surface area contributed by atoms with E-state index < -0.39 is 5.60 Å². The zero-order chi connectivity index (χ0) is 14.5. The van der Waals surface area contributed by atoms with Crippen molar-refractivity contribution in [2.45, 2.75) is 78.0 Å². The van der Waals surface area contributed by atoms with Crippen LogP contribution in [0.4, 0.5) is 4.79 Å². The van der Waals surface area contributed by atoms with Gasteiger partial charge in [0.05, 0.1) is 0 Å². The van der Waals surface area contributed by atoms with Crippen molar-refractivity contribution < 1.29 is 9.53 Å². The van der Waals surface area contributed by atoms with Gasteiger partial charge >= 0.3 is 6.09 Å². The van der Waals surface area contributed by atoms with Gasteiger partial charge in [0.25, 0.3) is 0 Å². The highest BCUT2D eigenvalue weighted by Crippen LogP contribution is 2.18. The Hall–Kier alpha value is -0.770. The molecule has 0 aromatic heterocycles. The van der Waals surface area contributed by atoms with Crippen LogP contribution in [0.3, 0.4) is 0 Å². The zero-order valence-electron chi connectivity index (χ0n) is 13.2. The largest absolute Gasteiger partial charge is 0.444 e. The van der Waals surface area contributed by atoms with Crippen LogP contribution in [-0.4, -0.2) is 41.8 Å². The van der Waals surface area contributed by atoms with Crippen LogP contribution in [0.15, 0.2) is 0 Å². The van der Waals surface area contributed by atoms with Crippen molar-refractivity contribution in [1.29, 1.82) is 0 Å². The SMILES string of the molecule is CCCC(CC)N1CCC(NC(=O)OC(C)(C)C)C1. The number of rotatable bonds is 5. The molecule has 1 aliphatic heterocycles. The first kappa shape index (κ1) is 16.3. The summed E-state index contributed by atoms with van der Waals surface area (Å²) in [5.74, 6) is 0. The molecule has 2 unspecified atom stereocenters. The summed E-state index contributed by atoms with van der Waals surface area (Å²) < 4.78 is 5.30. The molecular formula is C15H30N2O2. The molecule has 0 spiro atoms. The van der Waals surface area contributed by atoms with Gasteiger partial charge in [-0.3, -0.25) is 4.90 Å². The maximum Gasteiger partial charge on any atom is 0.407 e. The van der Waals surface area contributed by atoms with E-state index in [4.69, 9.17) is 4.74 Å². The van der Waals surface area contributed by atoms with Gasteiger partial charge in [-0.05, 0) is 40.0 Å². The smallest absolute Gasteiger partial charge is 0.407 e. The molecule has 1 rings (SSSR count). The number of alkyl carbamates (subject to hydrolysis) is 1. The van der Waals surface area contributed by atoms with Crippen LogP contribution >= 0.6 is 0 Å². The summed E-state index contributed by atoms with van der Waals surface area (Å²) in [5.41, 5.74) is -0.420. The summed E-state index contributed by atoms with van der Waals surface area (Å²) in [6, 6.07) is 0.899. The van der Waals surface area contributed by atoms with E-state index in [1.165, 1.54) is 19.3 Å². The van der Waals surface area contributed by atoms with Crippen LogP contribution in [-0.2, 0) is 4.74 Å². The Balaban J connectivity index is 2.37. The number of amides is 1. The number of carbonyl (C=O) groups excluding carboxylic acids is 1. The summed E-state index contributed by atoms with van der Waals surface area (Å²) in [5, 5.41) is 2.98. The van der Waals surface area contributed by atoms with Crippen LogP contribution in [0, 0.1) is 0 Å². The zero-order valence-corrected chi connectivity index (χ0v) is 13.2. The summed E-state index contributed by atoms with van der Waals surface area (Å²) in [6.45, 7) is 12.2. The van der Waals surface area contributed by atoms with E-state index in [2.05, 4.69) is 24.1 Å². The molecule has 1 heterocycles. The minimum absolute atomic E-state index is 0.237. The lowest BCUT2D eigenvalue weighted by Crippen LogP contribution is -2.42. The fourth-order valence-electron chi connectivity index (χ4n) is 2.69. The minimum Gasteiger partial charge on any atom is -0.444 e. The average molecular weight is 270 g/mol. The van der Waals surface area contributed by atoms with Crippen molar-refractivity contribution >= 4 is 6.09 Å². The second-order valence-electron chi connectivity index (χ2n) is 6.48. The Kier molecular flexibility index (Phi) is 6.11. The summed E-state index contributed by atoms with van der Waals surface area (Å²) in [7, 11) is 0. The van der Waals surface area contributed by atoms with Gasteiger partial charge in [0.2, 0.25) is 0 Å². The van der Waals surface area contributed by atoms with Gasteiger partial charge in [-0.15, -0.1) is 0 Å².